The molecule has 0 atom stereocenters. The second-order valence-corrected chi connectivity index (χ2v) is 15.0. The number of rotatable bonds is 10. The lowest BCUT2D eigenvalue weighted by Crippen LogP contribution is -2.22. The van der Waals surface area contributed by atoms with Crippen molar-refractivity contribution in [1.29, 1.82) is 0 Å². The van der Waals surface area contributed by atoms with E-state index in [9.17, 15) is 18.0 Å². The van der Waals surface area contributed by atoms with Gasteiger partial charge in [-0.1, -0.05) is 19.6 Å². The molecule has 0 aliphatic heterocycles. The summed E-state index contributed by atoms with van der Waals surface area (Å²) in [6, 6.07) is 1.06. The van der Waals surface area contributed by atoms with E-state index in [0.29, 0.717) is 23.0 Å². The molecule has 1 amide bonds. The largest absolute Gasteiger partial charge is 0.478 e. The van der Waals surface area contributed by atoms with Crippen molar-refractivity contribution in [3.8, 4) is 16.5 Å². The summed E-state index contributed by atoms with van der Waals surface area (Å²) < 4.78 is 50.7. The zero-order chi connectivity index (χ0) is 24.2. The smallest absolute Gasteiger partial charge is 0.408 e. The van der Waals surface area contributed by atoms with Crippen LogP contribution in [-0.2, 0) is 18.0 Å². The van der Waals surface area contributed by atoms with Crippen molar-refractivity contribution >= 4 is 31.0 Å². The van der Waals surface area contributed by atoms with Gasteiger partial charge in [0.1, 0.15) is 29.7 Å². The van der Waals surface area contributed by atoms with Gasteiger partial charge in [-0.3, -0.25) is 9.48 Å². The van der Waals surface area contributed by atoms with Gasteiger partial charge in [0.25, 0.3) is 11.8 Å². The molecule has 3 rings (SSSR count). The van der Waals surface area contributed by atoms with Gasteiger partial charge in [0.05, 0.1) is 19.5 Å². The number of aromatic nitrogens is 5. The zero-order valence-corrected chi connectivity index (χ0v) is 20.5. The van der Waals surface area contributed by atoms with E-state index in [1.165, 1.54) is 18.4 Å². The van der Waals surface area contributed by atoms with Gasteiger partial charge in [-0.25, -0.2) is 9.67 Å². The Morgan fingerprint density at radius 2 is 2.00 bits per heavy atom. The Hall–Kier alpha value is -2.71. The first-order chi connectivity index (χ1) is 15.4. The molecule has 0 bridgehead atoms. The average Bonchev–Trinajstić information content (AvgIpc) is 3.42. The first-order valence-electron chi connectivity index (χ1n) is 9.99. The van der Waals surface area contributed by atoms with E-state index in [1.54, 1.807) is 22.5 Å². The first kappa shape index (κ1) is 24.9. The summed E-state index contributed by atoms with van der Waals surface area (Å²) in [6.45, 7) is 6.54. The zero-order valence-electron chi connectivity index (χ0n) is 18.6. The summed E-state index contributed by atoms with van der Waals surface area (Å²) in [5.74, 6) is -0.720. The average molecular weight is 503 g/mol. The molecule has 0 aromatic carbocycles. The van der Waals surface area contributed by atoms with Gasteiger partial charge in [-0.15, -0.1) is 16.4 Å². The molecular weight excluding hydrogens is 477 g/mol. The standard InChI is InChI=1S/C19H25F3N6O3SSi/c1-30-17-14(9-27(26-17)11-19(20,21)22)24-16(29)15-10-32-18(25-15)13-7-23-28(8-13)12-31-5-6-33(2,3)4/h7-10H,5-6,11-12H2,1-4H3,(H,24,29). The van der Waals surface area contributed by atoms with E-state index in [-0.39, 0.29) is 17.3 Å². The molecule has 0 saturated heterocycles. The minimum Gasteiger partial charge on any atom is -0.478 e. The number of carbonyl (C=O) groups is 1. The lowest BCUT2D eigenvalue weighted by atomic mass is 10.4. The molecule has 0 saturated carbocycles. The SMILES string of the molecule is COc1nn(CC(F)(F)F)cc1NC(=O)c1csc(-c2cnn(COCC[Si](C)(C)C)c2)n1. The van der Waals surface area contributed by atoms with Gasteiger partial charge in [-0.2, -0.15) is 18.3 Å². The highest BCUT2D eigenvalue weighted by Gasteiger charge is 2.29. The van der Waals surface area contributed by atoms with Crippen LogP contribution in [0.3, 0.4) is 0 Å². The van der Waals surface area contributed by atoms with E-state index in [1.807, 2.05) is 0 Å². The maximum absolute atomic E-state index is 12.6. The summed E-state index contributed by atoms with van der Waals surface area (Å²) in [5, 5.41) is 12.6. The highest BCUT2D eigenvalue weighted by Crippen LogP contribution is 2.27. The number of nitrogens with zero attached hydrogens (tertiary/aromatic N) is 5. The minimum atomic E-state index is -4.45. The maximum atomic E-state index is 12.6. The summed E-state index contributed by atoms with van der Waals surface area (Å²) in [4.78, 5) is 16.9. The summed E-state index contributed by atoms with van der Waals surface area (Å²) in [6.07, 6.45) is 0.0153. The molecule has 0 fully saturated rings. The highest BCUT2D eigenvalue weighted by atomic mass is 32.1. The van der Waals surface area contributed by atoms with Crippen LogP contribution >= 0.6 is 11.3 Å². The third kappa shape index (κ3) is 7.40. The van der Waals surface area contributed by atoms with Crippen LogP contribution in [-0.4, -0.2) is 58.4 Å². The van der Waals surface area contributed by atoms with Crippen LogP contribution < -0.4 is 10.1 Å². The van der Waals surface area contributed by atoms with E-state index < -0.39 is 26.7 Å². The Kier molecular flexibility index (Phi) is 7.59. The Balaban J connectivity index is 1.61. The fourth-order valence-corrected chi connectivity index (χ4v) is 4.22. The molecule has 0 unspecified atom stereocenters. The van der Waals surface area contributed by atoms with Crippen molar-refractivity contribution in [1.82, 2.24) is 24.5 Å². The second kappa shape index (κ2) is 10.1. The van der Waals surface area contributed by atoms with Crippen LogP contribution in [0, 0.1) is 0 Å². The monoisotopic (exact) mass is 502 g/mol. The Morgan fingerprint density at radius 1 is 1.24 bits per heavy atom. The minimum absolute atomic E-state index is 0.0181. The lowest BCUT2D eigenvalue weighted by molar-refractivity contribution is -0.142. The van der Waals surface area contributed by atoms with Crippen molar-refractivity contribution in [2.24, 2.45) is 0 Å². The second-order valence-electron chi connectivity index (χ2n) is 8.47. The molecule has 0 spiro atoms. The number of methoxy groups -OCH3 is 1. The molecule has 1 N–H and O–H groups in total. The number of nitrogens with one attached hydrogen (secondary N) is 1. The number of hydrogen-bond donors (Lipinski definition) is 1. The van der Waals surface area contributed by atoms with Crippen LogP contribution in [0.25, 0.3) is 10.6 Å². The maximum Gasteiger partial charge on any atom is 0.408 e. The molecule has 0 aliphatic rings. The van der Waals surface area contributed by atoms with Crippen LogP contribution in [0.1, 0.15) is 10.5 Å². The highest BCUT2D eigenvalue weighted by molar-refractivity contribution is 7.13. The van der Waals surface area contributed by atoms with Crippen LogP contribution in [0.15, 0.2) is 24.0 Å². The molecule has 3 heterocycles. The Labute approximate surface area is 193 Å². The van der Waals surface area contributed by atoms with Gasteiger partial charge < -0.3 is 14.8 Å². The fraction of sp³-hybridized carbons (Fsp3) is 0.474. The van der Waals surface area contributed by atoms with Gasteiger partial charge >= 0.3 is 6.18 Å². The van der Waals surface area contributed by atoms with Gasteiger partial charge in [-0.05, 0) is 6.04 Å². The molecular formula is C19H25F3N6O3SSi. The number of alkyl halides is 3. The number of carbonyl (C=O) groups excluding carboxylic acids is 1. The molecule has 33 heavy (non-hydrogen) atoms. The molecule has 3 aromatic rings. The van der Waals surface area contributed by atoms with Gasteiger partial charge in [0.2, 0.25) is 0 Å². The van der Waals surface area contributed by atoms with E-state index in [0.717, 1.165) is 17.8 Å². The van der Waals surface area contributed by atoms with Crippen LogP contribution in [0.4, 0.5) is 18.9 Å². The molecule has 0 radical (unpaired) electrons. The first-order valence-corrected chi connectivity index (χ1v) is 14.6. The lowest BCUT2D eigenvalue weighted by Gasteiger charge is -2.15. The summed E-state index contributed by atoms with van der Waals surface area (Å²) >= 11 is 1.25. The van der Waals surface area contributed by atoms with E-state index in [4.69, 9.17) is 9.47 Å². The molecule has 14 heteroatoms. The Morgan fingerprint density at radius 3 is 2.67 bits per heavy atom. The van der Waals surface area contributed by atoms with E-state index in [2.05, 4.69) is 40.1 Å². The topological polar surface area (TPSA) is 96.1 Å². The molecule has 0 aliphatic carbocycles. The van der Waals surface area contributed by atoms with Crippen molar-refractivity contribution < 1.29 is 27.4 Å². The van der Waals surface area contributed by atoms with Crippen LogP contribution in [0.2, 0.25) is 25.7 Å². The van der Waals surface area contributed by atoms with E-state index >= 15 is 0 Å². The molecule has 3 aromatic heterocycles. The molecule has 180 valence electrons. The van der Waals surface area contributed by atoms with Crippen molar-refractivity contribution in [2.45, 2.75) is 45.1 Å². The number of anilines is 1. The Bertz CT molecular complexity index is 1090. The number of halogens is 3. The fourth-order valence-electron chi connectivity index (χ4n) is 2.68. The van der Waals surface area contributed by atoms with Crippen molar-refractivity contribution in [2.75, 3.05) is 19.0 Å². The van der Waals surface area contributed by atoms with Gasteiger partial charge in [0.15, 0.2) is 0 Å². The summed E-state index contributed by atoms with van der Waals surface area (Å²) in [7, 11) is 0.0946. The third-order valence-electron chi connectivity index (χ3n) is 4.35. The predicted octanol–water partition coefficient (Wildman–Crippen LogP) is 4.34. The van der Waals surface area contributed by atoms with Gasteiger partial charge in [0, 0.05) is 31.8 Å². The number of amides is 1. The normalized spacial score (nSPS) is 12.2. The number of thiazole rings is 1. The summed E-state index contributed by atoms with van der Waals surface area (Å²) in [5.41, 5.74) is 0.854. The number of hydrogen-bond acceptors (Lipinski definition) is 7. The predicted molar refractivity (Wildman–Crippen MR) is 120 cm³/mol. The quantitative estimate of drug-likeness (QED) is 0.327. The van der Waals surface area contributed by atoms with Crippen LogP contribution in [0.5, 0.6) is 5.88 Å². The third-order valence-corrected chi connectivity index (χ3v) is 6.94. The van der Waals surface area contributed by atoms with Crippen molar-refractivity contribution in [3.05, 3.63) is 29.7 Å². The molecule has 9 nitrogen and oxygen atoms in total. The number of ether oxygens (including phenoxy) is 2. The van der Waals surface area contributed by atoms with Crippen molar-refractivity contribution in [3.63, 3.8) is 0 Å².